The molecule has 0 radical (unpaired) electrons. The number of hydrogen-bond donors (Lipinski definition) is 0. The molecule has 0 aromatic rings. The smallest absolute Gasteiger partial charge is 0.102 e. The van der Waals surface area contributed by atoms with E-state index in [-0.39, 0.29) is 0 Å². The molecule has 2 atom stereocenters. The first-order valence-electron chi connectivity index (χ1n) is 9.29. The Morgan fingerprint density at radius 1 is 1.22 bits per heavy atom. The maximum absolute atomic E-state index is 5.10. The predicted molar refractivity (Wildman–Crippen MR) is 95.9 cm³/mol. The van der Waals surface area contributed by atoms with Crippen molar-refractivity contribution in [1.82, 2.24) is 14.7 Å². The Kier molecular flexibility index (Phi) is 4.06. The molecule has 0 N–H and O–H groups in total. The Labute approximate surface area is 140 Å². The Bertz CT molecular complexity index is 558. The molecule has 2 unspecified atom stereocenters. The number of likely N-dealkylation sites (N-methyl/N-ethyl adjacent to an activating group) is 2. The van der Waals surface area contributed by atoms with E-state index in [1.54, 1.807) is 0 Å². The van der Waals surface area contributed by atoms with Crippen molar-refractivity contribution in [2.24, 2.45) is 4.99 Å². The van der Waals surface area contributed by atoms with Crippen LogP contribution in [0.25, 0.3) is 0 Å². The molecule has 0 bridgehead atoms. The SMILES string of the molecule is CCN1C(CCN(C)C2CCC2)=NC2C=C3CN(C)CC3=CC21. The molecule has 4 aliphatic rings. The lowest BCUT2D eigenvalue weighted by molar-refractivity contribution is 0.162. The van der Waals surface area contributed by atoms with Crippen molar-refractivity contribution in [3.8, 4) is 0 Å². The summed E-state index contributed by atoms with van der Waals surface area (Å²) in [5.74, 6) is 1.33. The lowest BCUT2D eigenvalue weighted by atomic mass is 9.92. The molecule has 2 fully saturated rings. The van der Waals surface area contributed by atoms with E-state index in [0.29, 0.717) is 12.1 Å². The molecule has 23 heavy (non-hydrogen) atoms. The maximum atomic E-state index is 5.10. The van der Waals surface area contributed by atoms with Crippen molar-refractivity contribution >= 4 is 5.84 Å². The Morgan fingerprint density at radius 3 is 2.61 bits per heavy atom. The van der Waals surface area contributed by atoms with E-state index in [1.807, 2.05) is 0 Å². The van der Waals surface area contributed by atoms with E-state index in [2.05, 4.69) is 47.9 Å². The highest BCUT2D eigenvalue weighted by atomic mass is 15.3. The van der Waals surface area contributed by atoms with Crippen LogP contribution in [-0.4, -0.2) is 78.9 Å². The van der Waals surface area contributed by atoms with E-state index in [0.717, 1.165) is 38.6 Å². The van der Waals surface area contributed by atoms with Crippen LogP contribution in [0.4, 0.5) is 0 Å². The molecule has 1 saturated carbocycles. The van der Waals surface area contributed by atoms with Crippen LogP contribution >= 0.6 is 0 Å². The molecule has 2 heterocycles. The van der Waals surface area contributed by atoms with Gasteiger partial charge in [0.2, 0.25) is 0 Å². The van der Waals surface area contributed by atoms with Crippen LogP contribution in [0.3, 0.4) is 0 Å². The van der Waals surface area contributed by atoms with Crippen molar-refractivity contribution in [3.05, 3.63) is 23.3 Å². The zero-order valence-electron chi connectivity index (χ0n) is 14.8. The number of amidine groups is 1. The van der Waals surface area contributed by atoms with Gasteiger partial charge in [0, 0.05) is 38.6 Å². The van der Waals surface area contributed by atoms with Gasteiger partial charge < -0.3 is 9.80 Å². The molecular formula is C19H30N4. The summed E-state index contributed by atoms with van der Waals surface area (Å²) in [6.07, 6.45) is 10.2. The number of nitrogens with zero attached hydrogens (tertiary/aromatic N) is 4. The molecule has 1 saturated heterocycles. The van der Waals surface area contributed by atoms with Gasteiger partial charge in [0.15, 0.2) is 0 Å². The topological polar surface area (TPSA) is 22.1 Å². The minimum atomic E-state index is 0.351. The average Bonchev–Trinajstić information content (AvgIpc) is 2.98. The minimum Gasteiger partial charge on any atom is -0.352 e. The second-order valence-corrected chi connectivity index (χ2v) is 7.68. The van der Waals surface area contributed by atoms with Gasteiger partial charge in [0.05, 0.1) is 12.1 Å². The van der Waals surface area contributed by atoms with Crippen molar-refractivity contribution in [3.63, 3.8) is 0 Å². The summed E-state index contributed by atoms with van der Waals surface area (Å²) in [7, 11) is 4.49. The highest BCUT2D eigenvalue weighted by molar-refractivity contribution is 5.86. The van der Waals surface area contributed by atoms with Gasteiger partial charge in [-0.15, -0.1) is 0 Å². The Hall–Kier alpha value is -1.13. The van der Waals surface area contributed by atoms with Crippen molar-refractivity contribution < 1.29 is 0 Å². The third-order valence-corrected chi connectivity index (χ3v) is 6.10. The van der Waals surface area contributed by atoms with E-state index >= 15 is 0 Å². The van der Waals surface area contributed by atoms with Crippen LogP contribution in [0, 0.1) is 0 Å². The van der Waals surface area contributed by atoms with Crippen molar-refractivity contribution in [2.75, 3.05) is 40.3 Å². The van der Waals surface area contributed by atoms with Crippen LogP contribution in [0.1, 0.15) is 32.6 Å². The third-order valence-electron chi connectivity index (χ3n) is 6.10. The van der Waals surface area contributed by atoms with Gasteiger partial charge in [-0.1, -0.05) is 18.6 Å². The average molecular weight is 314 g/mol. The molecule has 4 nitrogen and oxygen atoms in total. The second-order valence-electron chi connectivity index (χ2n) is 7.68. The van der Waals surface area contributed by atoms with Gasteiger partial charge in [-0.25, -0.2) is 0 Å². The summed E-state index contributed by atoms with van der Waals surface area (Å²) in [4.78, 5) is 12.6. The van der Waals surface area contributed by atoms with Crippen LogP contribution in [-0.2, 0) is 0 Å². The summed E-state index contributed by atoms with van der Waals surface area (Å²) in [5, 5.41) is 0. The minimum absolute atomic E-state index is 0.351. The standard InChI is InChI=1S/C19H30N4/c1-4-23-18-11-15-13-21(2)12-14(15)10-17(18)20-19(23)8-9-22(3)16-6-5-7-16/h10-11,16-18H,4-9,12-13H2,1-3H3. The normalized spacial score (nSPS) is 30.8. The summed E-state index contributed by atoms with van der Waals surface area (Å²) in [6, 6.07) is 1.65. The van der Waals surface area contributed by atoms with Gasteiger partial charge >= 0.3 is 0 Å². The molecule has 2 aliphatic heterocycles. The fraction of sp³-hybridized carbons (Fsp3) is 0.737. The molecule has 0 aromatic carbocycles. The van der Waals surface area contributed by atoms with Crippen molar-refractivity contribution in [2.45, 2.75) is 50.7 Å². The number of hydrogen-bond acceptors (Lipinski definition) is 4. The van der Waals surface area contributed by atoms with Gasteiger partial charge in [-0.05, 0) is 45.0 Å². The number of likely N-dealkylation sites (tertiary alicyclic amines) is 1. The molecule has 4 rings (SSSR count). The lowest BCUT2D eigenvalue weighted by Crippen LogP contribution is -2.42. The molecule has 0 amide bonds. The number of aliphatic imine (C=N–C) groups is 1. The first-order valence-corrected chi connectivity index (χ1v) is 9.29. The first kappa shape index (κ1) is 15.4. The van der Waals surface area contributed by atoms with E-state index < -0.39 is 0 Å². The predicted octanol–water partition coefficient (Wildman–Crippen LogP) is 2.14. The highest BCUT2D eigenvalue weighted by Gasteiger charge is 2.37. The van der Waals surface area contributed by atoms with Crippen LogP contribution in [0.5, 0.6) is 0 Å². The molecular weight excluding hydrogens is 284 g/mol. The van der Waals surface area contributed by atoms with Crippen molar-refractivity contribution in [1.29, 1.82) is 0 Å². The summed E-state index contributed by atoms with van der Waals surface area (Å²) >= 11 is 0. The van der Waals surface area contributed by atoms with Gasteiger partial charge in [0.1, 0.15) is 5.84 Å². The molecule has 2 aliphatic carbocycles. The van der Waals surface area contributed by atoms with Crippen LogP contribution in [0.2, 0.25) is 0 Å². The zero-order chi connectivity index (χ0) is 16.0. The van der Waals surface area contributed by atoms with Crippen LogP contribution in [0.15, 0.2) is 28.3 Å². The van der Waals surface area contributed by atoms with E-state index in [4.69, 9.17) is 4.99 Å². The molecule has 4 heteroatoms. The van der Waals surface area contributed by atoms with Gasteiger partial charge in [0.25, 0.3) is 0 Å². The second kappa shape index (κ2) is 6.06. The maximum Gasteiger partial charge on any atom is 0.102 e. The van der Waals surface area contributed by atoms with Gasteiger partial charge in [-0.2, -0.15) is 0 Å². The van der Waals surface area contributed by atoms with E-state index in [9.17, 15) is 0 Å². The molecule has 126 valence electrons. The zero-order valence-corrected chi connectivity index (χ0v) is 14.8. The highest BCUT2D eigenvalue weighted by Crippen LogP contribution is 2.33. The Morgan fingerprint density at radius 2 is 1.96 bits per heavy atom. The monoisotopic (exact) mass is 314 g/mol. The first-order chi connectivity index (χ1) is 11.2. The summed E-state index contributed by atoms with van der Waals surface area (Å²) in [5.41, 5.74) is 3.05. The Balaban J connectivity index is 1.45. The fourth-order valence-corrected chi connectivity index (χ4v) is 4.46. The quantitative estimate of drug-likeness (QED) is 0.776. The number of rotatable bonds is 5. The largest absolute Gasteiger partial charge is 0.352 e. The van der Waals surface area contributed by atoms with E-state index in [1.165, 1.54) is 36.2 Å². The number of fused-ring (bicyclic) bond motifs is 2. The molecule has 0 aromatic heterocycles. The fourth-order valence-electron chi connectivity index (χ4n) is 4.46. The lowest BCUT2D eigenvalue weighted by Gasteiger charge is -2.35. The molecule has 0 spiro atoms. The third kappa shape index (κ3) is 2.76. The van der Waals surface area contributed by atoms with Crippen LogP contribution < -0.4 is 0 Å². The summed E-state index contributed by atoms with van der Waals surface area (Å²) < 4.78 is 0. The van der Waals surface area contributed by atoms with Gasteiger partial charge in [-0.3, -0.25) is 9.89 Å². The summed E-state index contributed by atoms with van der Waals surface area (Å²) in [6.45, 7) is 6.68.